The van der Waals surface area contributed by atoms with Crippen molar-refractivity contribution >= 4 is 40.7 Å². The molecule has 1 aromatic carbocycles. The summed E-state index contributed by atoms with van der Waals surface area (Å²) < 4.78 is 0. The van der Waals surface area contributed by atoms with E-state index in [4.69, 9.17) is 23.2 Å². The summed E-state index contributed by atoms with van der Waals surface area (Å²) in [5, 5.41) is 13.3. The first-order valence-electron chi connectivity index (χ1n) is 6.79. The summed E-state index contributed by atoms with van der Waals surface area (Å²) in [6, 6.07) is 5.10. The van der Waals surface area contributed by atoms with Gasteiger partial charge in [-0.15, -0.1) is 0 Å². The van der Waals surface area contributed by atoms with Gasteiger partial charge in [-0.05, 0) is 38.0 Å². The molecule has 0 saturated heterocycles. The molecule has 1 heterocycles. The van der Waals surface area contributed by atoms with Crippen LogP contribution in [0.3, 0.4) is 0 Å². The number of aromatic carboxylic acids is 1. The number of carbonyl (C=O) groups is 1. The molecule has 1 aromatic heterocycles. The van der Waals surface area contributed by atoms with E-state index in [0.29, 0.717) is 32.9 Å². The number of halogens is 2. The molecule has 0 aliphatic heterocycles. The van der Waals surface area contributed by atoms with Crippen molar-refractivity contribution in [2.45, 2.75) is 25.7 Å². The Balaban J connectivity index is 2.01. The molecule has 2 N–H and O–H groups in total. The van der Waals surface area contributed by atoms with E-state index in [1.807, 2.05) is 0 Å². The Morgan fingerprint density at radius 1 is 1.27 bits per heavy atom. The van der Waals surface area contributed by atoms with Gasteiger partial charge in [0.25, 0.3) is 0 Å². The third kappa shape index (κ3) is 3.00. The predicted octanol–water partition coefficient (Wildman–Crippen LogP) is 4.41. The highest BCUT2D eigenvalue weighted by Crippen LogP contribution is 2.39. The van der Waals surface area contributed by atoms with Crippen LogP contribution in [0, 0.1) is 6.92 Å². The molecule has 5 nitrogen and oxygen atoms in total. The normalized spacial score (nSPS) is 14.0. The molecule has 22 heavy (non-hydrogen) atoms. The molecule has 0 unspecified atom stereocenters. The van der Waals surface area contributed by atoms with Gasteiger partial charge in [0.05, 0.1) is 10.0 Å². The second kappa shape index (κ2) is 5.74. The van der Waals surface area contributed by atoms with Crippen molar-refractivity contribution in [3.8, 4) is 0 Å². The van der Waals surface area contributed by atoms with Crippen molar-refractivity contribution in [3.05, 3.63) is 45.3 Å². The lowest BCUT2D eigenvalue weighted by molar-refractivity contribution is 0.0689. The average molecular weight is 338 g/mol. The fourth-order valence-electron chi connectivity index (χ4n) is 2.10. The van der Waals surface area contributed by atoms with Crippen LogP contribution in [-0.2, 0) is 0 Å². The lowest BCUT2D eigenvalue weighted by Crippen LogP contribution is -2.11. The minimum atomic E-state index is -1.06. The van der Waals surface area contributed by atoms with Crippen LogP contribution in [0.15, 0.2) is 18.2 Å². The molecule has 1 aliphatic rings. The first kappa shape index (κ1) is 15.1. The summed E-state index contributed by atoms with van der Waals surface area (Å²) in [7, 11) is 0. The molecule has 2 aromatic rings. The number of benzene rings is 1. The van der Waals surface area contributed by atoms with Gasteiger partial charge in [0, 0.05) is 17.2 Å². The molecule has 3 rings (SSSR count). The number of hydrogen-bond donors (Lipinski definition) is 2. The maximum absolute atomic E-state index is 11.4. The van der Waals surface area contributed by atoms with Crippen LogP contribution < -0.4 is 5.32 Å². The van der Waals surface area contributed by atoms with Crippen LogP contribution in [0.4, 0.5) is 11.5 Å². The van der Waals surface area contributed by atoms with Crippen molar-refractivity contribution in [3.63, 3.8) is 0 Å². The van der Waals surface area contributed by atoms with Gasteiger partial charge in [-0.1, -0.05) is 23.2 Å². The summed E-state index contributed by atoms with van der Waals surface area (Å²) in [5.41, 5.74) is 1.21. The molecule has 0 radical (unpaired) electrons. The van der Waals surface area contributed by atoms with Crippen LogP contribution in [0.25, 0.3) is 0 Å². The number of rotatable bonds is 4. The summed E-state index contributed by atoms with van der Waals surface area (Å²) in [4.78, 5) is 20.0. The summed E-state index contributed by atoms with van der Waals surface area (Å²) in [5.74, 6) is 0.255. The van der Waals surface area contributed by atoms with Crippen molar-refractivity contribution in [1.29, 1.82) is 0 Å². The molecule has 114 valence electrons. The summed E-state index contributed by atoms with van der Waals surface area (Å²) >= 11 is 11.9. The molecule has 1 saturated carbocycles. The summed E-state index contributed by atoms with van der Waals surface area (Å²) in [6.45, 7) is 1.68. The molecule has 0 bridgehead atoms. The van der Waals surface area contributed by atoms with E-state index in [2.05, 4.69) is 15.3 Å². The zero-order valence-electron chi connectivity index (χ0n) is 11.7. The van der Waals surface area contributed by atoms with E-state index >= 15 is 0 Å². The number of hydrogen-bond acceptors (Lipinski definition) is 4. The third-order valence-electron chi connectivity index (χ3n) is 3.49. The lowest BCUT2D eigenvalue weighted by atomic mass is 10.2. The van der Waals surface area contributed by atoms with Crippen LogP contribution in [-0.4, -0.2) is 21.0 Å². The van der Waals surface area contributed by atoms with Crippen LogP contribution in [0.2, 0.25) is 10.0 Å². The largest absolute Gasteiger partial charge is 0.476 e. The van der Waals surface area contributed by atoms with Crippen molar-refractivity contribution in [2.75, 3.05) is 5.32 Å². The van der Waals surface area contributed by atoms with Crippen molar-refractivity contribution in [2.24, 2.45) is 0 Å². The molecular weight excluding hydrogens is 325 g/mol. The van der Waals surface area contributed by atoms with E-state index in [9.17, 15) is 9.90 Å². The van der Waals surface area contributed by atoms with Gasteiger partial charge in [0.15, 0.2) is 5.69 Å². The number of nitrogens with zero attached hydrogens (tertiary/aromatic N) is 2. The van der Waals surface area contributed by atoms with E-state index in [1.54, 1.807) is 25.1 Å². The number of nitrogens with one attached hydrogen (secondary N) is 1. The highest BCUT2D eigenvalue weighted by molar-refractivity contribution is 6.42. The summed E-state index contributed by atoms with van der Waals surface area (Å²) in [6.07, 6.45) is 1.99. The topological polar surface area (TPSA) is 75.1 Å². The first-order chi connectivity index (χ1) is 10.5. The minimum Gasteiger partial charge on any atom is -0.476 e. The van der Waals surface area contributed by atoms with Gasteiger partial charge in [0.2, 0.25) is 0 Å². The smallest absolute Gasteiger partial charge is 0.354 e. The number of carboxylic acids is 1. The first-order valence-corrected chi connectivity index (χ1v) is 7.55. The standard InChI is InChI=1S/C15H13Cl2N3O2/c1-7-12(15(21)22)19-14(8-2-3-8)20-13(7)18-9-4-5-10(16)11(17)6-9/h4-6,8H,2-3H2,1H3,(H,21,22)(H,18,19,20). The Hall–Kier alpha value is -1.85. The van der Waals surface area contributed by atoms with E-state index in [-0.39, 0.29) is 11.6 Å². The highest BCUT2D eigenvalue weighted by atomic mass is 35.5. The van der Waals surface area contributed by atoms with Crippen molar-refractivity contribution < 1.29 is 9.90 Å². The van der Waals surface area contributed by atoms with Crippen molar-refractivity contribution in [1.82, 2.24) is 9.97 Å². The molecular formula is C15H13Cl2N3O2. The Labute approximate surface area is 137 Å². The van der Waals surface area contributed by atoms with Crippen LogP contribution in [0.1, 0.15) is 40.6 Å². The van der Waals surface area contributed by atoms with E-state index < -0.39 is 5.97 Å². The number of carboxylic acid groups (broad SMARTS) is 1. The zero-order chi connectivity index (χ0) is 15.9. The monoisotopic (exact) mass is 337 g/mol. The highest BCUT2D eigenvalue weighted by Gasteiger charge is 2.29. The predicted molar refractivity (Wildman–Crippen MR) is 85.4 cm³/mol. The Morgan fingerprint density at radius 3 is 2.59 bits per heavy atom. The van der Waals surface area contributed by atoms with Crippen LogP contribution in [0.5, 0.6) is 0 Å². The van der Waals surface area contributed by atoms with Gasteiger partial charge < -0.3 is 10.4 Å². The third-order valence-corrected chi connectivity index (χ3v) is 4.23. The molecule has 7 heteroatoms. The molecule has 1 aliphatic carbocycles. The second-order valence-corrected chi connectivity index (χ2v) is 6.05. The average Bonchev–Trinajstić information content (AvgIpc) is 3.29. The van der Waals surface area contributed by atoms with Gasteiger partial charge in [-0.2, -0.15) is 0 Å². The maximum Gasteiger partial charge on any atom is 0.354 e. The lowest BCUT2D eigenvalue weighted by Gasteiger charge is -2.12. The maximum atomic E-state index is 11.4. The van der Waals surface area contributed by atoms with Gasteiger partial charge >= 0.3 is 5.97 Å². The number of aromatic nitrogens is 2. The van der Waals surface area contributed by atoms with E-state index in [0.717, 1.165) is 12.8 Å². The SMILES string of the molecule is Cc1c(Nc2ccc(Cl)c(Cl)c2)nc(C2CC2)nc1C(=O)O. The second-order valence-electron chi connectivity index (χ2n) is 5.24. The quantitative estimate of drug-likeness (QED) is 0.864. The van der Waals surface area contributed by atoms with Gasteiger partial charge in [-0.3, -0.25) is 0 Å². The fourth-order valence-corrected chi connectivity index (χ4v) is 2.40. The fraction of sp³-hybridized carbons (Fsp3) is 0.267. The Kier molecular flexibility index (Phi) is 3.93. The molecule has 0 atom stereocenters. The van der Waals surface area contributed by atoms with E-state index in [1.165, 1.54) is 0 Å². The molecule has 0 amide bonds. The molecule has 1 fully saturated rings. The van der Waals surface area contributed by atoms with Gasteiger partial charge in [-0.25, -0.2) is 14.8 Å². The Bertz CT molecular complexity index is 761. The number of anilines is 2. The van der Waals surface area contributed by atoms with Gasteiger partial charge in [0.1, 0.15) is 11.6 Å². The minimum absolute atomic E-state index is 0.0273. The molecule has 0 spiro atoms. The zero-order valence-corrected chi connectivity index (χ0v) is 13.2. The Morgan fingerprint density at radius 2 is 2.00 bits per heavy atom. The van der Waals surface area contributed by atoms with Crippen LogP contribution >= 0.6 is 23.2 Å².